The molecule has 858 valence electrons. The molecule has 13 N–H and O–H groups in total. The van der Waals surface area contributed by atoms with Crippen LogP contribution in [0.5, 0.6) is 0 Å². The van der Waals surface area contributed by atoms with E-state index in [1.807, 2.05) is 81.3 Å². The fraction of sp³-hybridized carbons (Fsp3) is 0.772. The molecule has 1 fully saturated rings. The quantitative estimate of drug-likeness (QED) is 0.0283. The van der Waals surface area contributed by atoms with E-state index in [4.69, 9.17) is 75.8 Å². The number of benzene rings is 1. The highest BCUT2D eigenvalue weighted by molar-refractivity contribution is 5.94. The number of likely N-dealkylation sites (N-methyl/N-ethyl adjacent to an activating group) is 2. The molecule has 1 saturated heterocycles. The Kier molecular flexibility index (Phi) is 73.6. The third-order valence-electron chi connectivity index (χ3n) is 23.5. The van der Waals surface area contributed by atoms with E-state index in [1.165, 1.54) is 21.1 Å². The Hall–Kier alpha value is -10.4. The van der Waals surface area contributed by atoms with E-state index in [1.54, 1.807) is 61.2 Å². The number of nitrogens with zero attached hydrogens (tertiary/aromatic N) is 3. The van der Waals surface area contributed by atoms with E-state index >= 15 is 0 Å². The average Bonchev–Trinajstić information content (AvgIpc) is 1.24. The van der Waals surface area contributed by atoms with Crippen LogP contribution >= 0.6 is 0 Å². The molecule has 0 radical (unpaired) electrons. The van der Waals surface area contributed by atoms with Crippen LogP contribution in [0.15, 0.2) is 30.3 Å². The molecule has 0 aromatic heterocycles. The van der Waals surface area contributed by atoms with Gasteiger partial charge in [-0.15, -0.1) is 0 Å². The second kappa shape index (κ2) is 81.4. The minimum absolute atomic E-state index is 0.0174. The van der Waals surface area contributed by atoms with E-state index in [9.17, 15) is 86.6 Å². The Morgan fingerprint density at radius 1 is 0.460 bits per heavy atom. The van der Waals surface area contributed by atoms with Gasteiger partial charge in [0.25, 0.3) is 0 Å². The molecule has 3 unspecified atom stereocenters. The number of carbonyl (C=O) groups is 17. The zero-order valence-electron chi connectivity index (χ0n) is 91.3. The Morgan fingerprint density at radius 2 is 0.940 bits per heavy atom. The Morgan fingerprint density at radius 3 is 1.41 bits per heavy atom. The number of ether oxygens (including phenoxy) is 16. The summed E-state index contributed by atoms with van der Waals surface area (Å²) in [6.07, 6.45) is -2.82. The number of esters is 1. The average molecular weight is 2140 g/mol. The summed E-state index contributed by atoms with van der Waals surface area (Å²) in [5.74, 6) is -13.3. The van der Waals surface area contributed by atoms with Gasteiger partial charge >= 0.3 is 18.0 Å². The van der Waals surface area contributed by atoms with Crippen molar-refractivity contribution in [1.82, 2.24) is 78.5 Å². The van der Waals surface area contributed by atoms with Crippen molar-refractivity contribution < 1.29 is 162 Å². The summed E-state index contributed by atoms with van der Waals surface area (Å²) >= 11 is 0. The van der Waals surface area contributed by atoms with Crippen LogP contribution in [0.4, 0.5) is 4.79 Å². The Labute approximate surface area is 882 Å². The van der Waals surface area contributed by atoms with Gasteiger partial charge in [-0.05, 0) is 75.4 Å². The molecule has 49 nitrogen and oxygen atoms in total. The molecular formula is C101H175N15O34. The summed E-state index contributed by atoms with van der Waals surface area (Å²) < 4.78 is 88.1. The van der Waals surface area contributed by atoms with Gasteiger partial charge in [-0.3, -0.25) is 72.0 Å². The van der Waals surface area contributed by atoms with Crippen molar-refractivity contribution >= 4 is 101 Å². The summed E-state index contributed by atoms with van der Waals surface area (Å²) in [6, 6.07) is 2.54. The maximum atomic E-state index is 14.6. The van der Waals surface area contributed by atoms with Gasteiger partial charge in [0.1, 0.15) is 30.8 Å². The highest BCUT2D eigenvalue weighted by Gasteiger charge is 2.44. The molecule has 14 amide bonds. The SMILES string of the molecule is CC[C@H](C)[C@@H]([C@@H](CC(=O)N1CCC[C@H]1[C@H](OC)[C@@H](C)C(=O)N[C@@H](Cc1ccccc1)C(=O)NCCCOC(=O)C(C)NC(=O)CCC(NC(=O)CCNC(=O)OCC(CC(=O)CNC(=O)CNC(=O)CNC(=O)CNC(=O)CCNC(=O)CC(C)(C)C)C(=O)NCCOCCOCCOCCOCCOCCOCCOCCOCCOCCOCCOCCOC)C(=O)O)OC)N(C)C(=O)[C@@H](NC(=O)[C@H](C(C)C)N(C)C)C(C)C. The number of nitrogens with one attached hydrogen (secondary N) is 12. The maximum Gasteiger partial charge on any atom is 0.407 e. The number of ketones is 1. The molecule has 12 atom stereocenters. The van der Waals surface area contributed by atoms with Crippen LogP contribution < -0.4 is 63.8 Å². The normalized spacial score (nSPS) is 14.7. The highest BCUT2D eigenvalue weighted by Crippen LogP contribution is 2.31. The standard InChI is InChI=1S/C101H175N15O34/c1-18-71(6)91(115(14)97(130)89(69(2)3)113-96(129)90(70(4)5)114(12)13)80(136-16)62-88(125)116-35-22-26-79(116)92(137-17)72(7)93(126)112-78(60-74-24-20-19-21-25-74)95(128)103-31-23-36-149-99(133)73(8)110-82(119)28-27-77(98(131)132)111-83(120)30-33-105-100(134)150-68-75(61-76(117)64-106-85(122)66-108-87(124)67-109-86(123)65-107-81(118)29-32-102-84(121)63-101(9,10)11)94(127)104-34-37-138-40-41-140-44-45-142-48-49-144-52-53-146-56-57-148-59-58-147-55-54-145-51-50-143-47-46-141-43-42-139-39-38-135-15/h19-21,24-25,69-73,75,77-80,89-92H,18,22-23,26-68H2,1-17H3,(H,102,121)(H,103,128)(H,104,127)(H,105,134)(H,106,122)(H,107,118)(H,108,124)(H,109,123)(H,110,119)(H,111,120)(H,112,126)(H,113,129)(H,131,132)/t71-,72+,73?,75?,77?,78-,79-,80+,89-,90-,91-,92+/m0/s1. The lowest BCUT2D eigenvalue weighted by Crippen LogP contribution is -2.59. The number of likely N-dealkylation sites (tertiary alicyclic amines) is 1. The van der Waals surface area contributed by atoms with Gasteiger partial charge in [0.15, 0.2) is 5.78 Å². The number of carboxylic acid groups (broad SMARTS) is 1. The molecule has 49 heteroatoms. The molecule has 0 bridgehead atoms. The van der Waals surface area contributed by atoms with Crippen molar-refractivity contribution in [2.45, 2.75) is 208 Å². The molecule has 0 aliphatic carbocycles. The van der Waals surface area contributed by atoms with Gasteiger partial charge < -0.3 is 154 Å². The fourth-order valence-electron chi connectivity index (χ4n) is 15.4. The minimum Gasteiger partial charge on any atom is -0.480 e. The number of rotatable bonds is 88. The topological polar surface area (TPSA) is 612 Å². The third kappa shape index (κ3) is 62.6. The van der Waals surface area contributed by atoms with E-state index in [0.717, 1.165) is 5.56 Å². The number of amides is 14. The molecule has 150 heavy (non-hydrogen) atoms. The van der Waals surface area contributed by atoms with E-state index in [-0.39, 0.29) is 138 Å². The zero-order valence-corrected chi connectivity index (χ0v) is 91.3. The summed E-state index contributed by atoms with van der Waals surface area (Å²) in [5, 5.41) is 40.2. The summed E-state index contributed by atoms with van der Waals surface area (Å²) in [4.78, 5) is 229. The van der Waals surface area contributed by atoms with Crippen molar-refractivity contribution in [3.63, 3.8) is 0 Å². The smallest absolute Gasteiger partial charge is 0.407 e. The number of carboxylic acids is 1. The maximum absolute atomic E-state index is 14.6. The van der Waals surface area contributed by atoms with Crippen LogP contribution in [0, 0.1) is 35.0 Å². The number of Topliss-reactive ketones (excluding diaryl/α,β-unsaturated/α-hetero) is 1. The van der Waals surface area contributed by atoms with Gasteiger partial charge in [-0.2, -0.15) is 0 Å². The predicted octanol–water partition coefficient (Wildman–Crippen LogP) is -0.691. The lowest BCUT2D eigenvalue weighted by molar-refractivity contribution is -0.148. The second-order valence-corrected chi connectivity index (χ2v) is 38.0. The van der Waals surface area contributed by atoms with Gasteiger partial charge in [0, 0.05) is 99.6 Å². The van der Waals surface area contributed by atoms with Crippen LogP contribution in [0.2, 0.25) is 0 Å². The number of carbonyl (C=O) groups excluding carboxylic acids is 16. The molecule has 2 rings (SSSR count). The monoisotopic (exact) mass is 2140 g/mol. The molecule has 1 heterocycles. The lowest BCUT2D eigenvalue weighted by Gasteiger charge is -2.41. The first-order valence-corrected chi connectivity index (χ1v) is 51.7. The van der Waals surface area contributed by atoms with Gasteiger partial charge in [0.05, 0.1) is 233 Å². The van der Waals surface area contributed by atoms with Crippen LogP contribution in [0.1, 0.15) is 152 Å². The van der Waals surface area contributed by atoms with Crippen LogP contribution in [0.25, 0.3) is 0 Å². The number of methoxy groups -OCH3 is 3. The Bertz CT molecular complexity index is 4080. The summed E-state index contributed by atoms with van der Waals surface area (Å²) in [5.41, 5.74) is 0.477. The number of aliphatic carboxylic acids is 1. The van der Waals surface area contributed by atoms with Gasteiger partial charge in [0.2, 0.25) is 76.8 Å². The third-order valence-corrected chi connectivity index (χ3v) is 23.5. The van der Waals surface area contributed by atoms with Crippen molar-refractivity contribution in [3.8, 4) is 0 Å². The lowest BCUT2D eigenvalue weighted by atomic mass is 9.89. The first-order valence-electron chi connectivity index (χ1n) is 51.7. The number of hydrogen-bond acceptors (Lipinski definition) is 34. The van der Waals surface area contributed by atoms with Crippen LogP contribution in [0.3, 0.4) is 0 Å². The molecule has 0 spiro atoms. The van der Waals surface area contributed by atoms with E-state index < -0.39 is 208 Å². The molecular weight excluding hydrogens is 1970 g/mol. The number of hydrogen-bond donors (Lipinski definition) is 13. The molecule has 1 aromatic carbocycles. The fourth-order valence-corrected chi connectivity index (χ4v) is 15.4. The largest absolute Gasteiger partial charge is 0.480 e. The van der Waals surface area contributed by atoms with E-state index in [2.05, 4.69) is 63.8 Å². The van der Waals surface area contributed by atoms with Crippen molar-refractivity contribution in [1.29, 1.82) is 0 Å². The first kappa shape index (κ1) is 136. The van der Waals surface area contributed by atoms with Crippen molar-refractivity contribution in [3.05, 3.63) is 35.9 Å². The van der Waals surface area contributed by atoms with Crippen LogP contribution in [-0.2, 0) is 159 Å². The zero-order chi connectivity index (χ0) is 112. The highest BCUT2D eigenvalue weighted by atomic mass is 16.6. The summed E-state index contributed by atoms with van der Waals surface area (Å²) in [7, 11) is 9.88. The van der Waals surface area contributed by atoms with E-state index in [0.29, 0.717) is 145 Å². The molecule has 0 saturated carbocycles. The predicted molar refractivity (Wildman–Crippen MR) is 547 cm³/mol. The first-order chi connectivity index (χ1) is 71.6. The Balaban J connectivity index is 1.91. The summed E-state index contributed by atoms with van der Waals surface area (Å²) in [6.45, 7) is 25.4. The van der Waals surface area contributed by atoms with Crippen LogP contribution in [-0.4, -0.2) is 441 Å². The van der Waals surface area contributed by atoms with Gasteiger partial charge in [-0.1, -0.05) is 106 Å². The van der Waals surface area contributed by atoms with Gasteiger partial charge in [-0.25, -0.2) is 14.4 Å². The molecule has 1 aromatic rings. The number of alkyl carbamates (subject to hydrolysis) is 1. The van der Waals surface area contributed by atoms with Crippen molar-refractivity contribution in [2.75, 3.05) is 267 Å². The van der Waals surface area contributed by atoms with Crippen molar-refractivity contribution in [2.24, 2.45) is 35.0 Å². The molecule has 1 aliphatic rings. The second-order valence-electron chi connectivity index (χ2n) is 38.0. The minimum atomic E-state index is -1.62. The molecule has 1 aliphatic heterocycles.